The molecule has 1 N–H and O–H groups in total. The van der Waals surface area contributed by atoms with Gasteiger partial charge in [0, 0.05) is 30.3 Å². The molecule has 0 radical (unpaired) electrons. The lowest BCUT2D eigenvalue weighted by Gasteiger charge is -2.30. The third-order valence-corrected chi connectivity index (χ3v) is 6.12. The maximum absolute atomic E-state index is 12.0. The quantitative estimate of drug-likeness (QED) is 0.743. The van der Waals surface area contributed by atoms with Gasteiger partial charge >= 0.3 is 11.5 Å². The number of benzene rings is 2. The van der Waals surface area contributed by atoms with Crippen molar-refractivity contribution in [3.8, 4) is 5.75 Å². The molecule has 2 aromatic carbocycles. The molecule has 5 heteroatoms. The Kier molecular flexibility index (Phi) is 5.77. The van der Waals surface area contributed by atoms with E-state index < -0.39 is 5.97 Å². The van der Waals surface area contributed by atoms with Gasteiger partial charge in [0.2, 0.25) is 0 Å². The SMILES string of the molecule is CCN=C1CC2=[O+]c3cc(NCC)c(C)cc3[C@H](c3ccccc3C(=O)[O-])[C@H]2C=C1C. The Labute approximate surface area is 183 Å². The van der Waals surface area contributed by atoms with Gasteiger partial charge < -0.3 is 15.2 Å². The Bertz CT molecular complexity index is 1130. The number of nitrogens with zero attached hydrogens (tertiary/aromatic N) is 1. The molecule has 0 fully saturated rings. The molecule has 31 heavy (non-hydrogen) atoms. The first kappa shape index (κ1) is 21.0. The first-order valence-electron chi connectivity index (χ1n) is 10.9. The number of hydrogen-bond acceptors (Lipinski definition) is 4. The monoisotopic (exact) mass is 416 g/mol. The van der Waals surface area contributed by atoms with Gasteiger partial charge in [-0.3, -0.25) is 4.99 Å². The van der Waals surface area contributed by atoms with Crippen molar-refractivity contribution in [3.05, 3.63) is 70.3 Å². The minimum Gasteiger partial charge on any atom is -0.545 e. The molecule has 5 nitrogen and oxygen atoms in total. The number of aryl methyl sites for hydroxylation is 1. The highest BCUT2D eigenvalue weighted by Gasteiger charge is 2.45. The van der Waals surface area contributed by atoms with Crippen molar-refractivity contribution in [1.29, 1.82) is 0 Å². The van der Waals surface area contributed by atoms with Gasteiger partial charge in [0.15, 0.2) is 0 Å². The molecule has 1 heterocycles. The highest BCUT2D eigenvalue weighted by Crippen LogP contribution is 2.47. The number of aliphatic imine (C=N–C) groups is 1. The lowest BCUT2D eigenvalue weighted by molar-refractivity contribution is -0.374. The van der Waals surface area contributed by atoms with E-state index in [0.717, 1.165) is 58.3 Å². The van der Waals surface area contributed by atoms with E-state index in [1.807, 2.05) is 25.1 Å². The summed E-state index contributed by atoms with van der Waals surface area (Å²) in [6, 6.07) is 11.3. The highest BCUT2D eigenvalue weighted by atomic mass is 16.4. The van der Waals surface area contributed by atoms with Crippen LogP contribution in [0.5, 0.6) is 5.75 Å². The maximum atomic E-state index is 12.0. The second-order valence-corrected chi connectivity index (χ2v) is 8.13. The van der Waals surface area contributed by atoms with Crippen molar-refractivity contribution in [1.82, 2.24) is 0 Å². The standard InChI is InChI=1S/C26H28N2O3/c1-5-27-21-13-23-19(11-15(21)3)25(17-9-7-8-10-18(17)26(29)30)20-12-16(4)22(28-6-2)14-24(20)31-23/h7-13,20,25,27H,5-6,14H2,1-4H3/t20-,25-/m0/s1. The molecule has 0 saturated heterocycles. The van der Waals surface area contributed by atoms with Crippen LogP contribution in [-0.2, 0) is 4.42 Å². The zero-order valence-electron chi connectivity index (χ0n) is 18.5. The lowest BCUT2D eigenvalue weighted by atomic mass is 9.71. The van der Waals surface area contributed by atoms with E-state index >= 15 is 0 Å². The minimum atomic E-state index is -1.16. The average Bonchev–Trinajstić information content (AvgIpc) is 2.74. The minimum absolute atomic E-state index is 0.0619. The van der Waals surface area contributed by atoms with Crippen LogP contribution in [0.25, 0.3) is 0 Å². The zero-order chi connectivity index (χ0) is 22.1. The molecule has 4 rings (SSSR count). The molecule has 1 aliphatic carbocycles. The number of rotatable bonds is 5. The number of carboxylic acids is 1. The molecule has 0 unspecified atom stereocenters. The van der Waals surface area contributed by atoms with E-state index in [1.54, 1.807) is 12.1 Å². The van der Waals surface area contributed by atoms with Crippen molar-refractivity contribution in [2.75, 3.05) is 18.4 Å². The molecule has 0 spiro atoms. The number of carbonyl (C=O) groups excluding carboxylic acids is 2. The summed E-state index contributed by atoms with van der Waals surface area (Å²) in [7, 11) is 0. The summed E-state index contributed by atoms with van der Waals surface area (Å²) in [5.41, 5.74) is 6.27. The molecule has 0 aromatic heterocycles. The summed E-state index contributed by atoms with van der Waals surface area (Å²) in [6.45, 7) is 9.75. The summed E-state index contributed by atoms with van der Waals surface area (Å²) < 4.78 is 6.44. The predicted octanol–water partition coefficient (Wildman–Crippen LogP) is 4.18. The molecular weight excluding hydrogens is 388 g/mol. The molecule has 0 amide bonds. The number of carboxylic acid groups (broad SMARTS) is 1. The third-order valence-electron chi connectivity index (χ3n) is 6.12. The average molecular weight is 417 g/mol. The van der Waals surface area contributed by atoms with Crippen molar-refractivity contribution in [3.63, 3.8) is 0 Å². The summed E-state index contributed by atoms with van der Waals surface area (Å²) >= 11 is 0. The van der Waals surface area contributed by atoms with Gasteiger partial charge in [-0.2, -0.15) is 0 Å². The second kappa shape index (κ2) is 8.50. The normalized spacial score (nSPS) is 21.1. The molecule has 2 atom stereocenters. The zero-order valence-corrected chi connectivity index (χ0v) is 18.5. The number of aromatic carboxylic acids is 1. The first-order chi connectivity index (χ1) is 14.9. The summed E-state index contributed by atoms with van der Waals surface area (Å²) in [5, 5.41) is 15.3. The van der Waals surface area contributed by atoms with Crippen LogP contribution in [0, 0.1) is 12.8 Å². The van der Waals surface area contributed by atoms with Gasteiger partial charge in [0.25, 0.3) is 0 Å². The molecular formula is C26H28N2O3. The van der Waals surface area contributed by atoms with Crippen LogP contribution in [0.15, 0.2) is 53.0 Å². The Morgan fingerprint density at radius 3 is 2.68 bits per heavy atom. The first-order valence-corrected chi connectivity index (χ1v) is 10.9. The van der Waals surface area contributed by atoms with E-state index in [2.05, 4.69) is 43.2 Å². The summed E-state index contributed by atoms with van der Waals surface area (Å²) in [6.07, 6.45) is 2.81. The van der Waals surface area contributed by atoms with Crippen molar-refractivity contribution < 1.29 is 14.3 Å². The molecule has 160 valence electrons. The van der Waals surface area contributed by atoms with Crippen LogP contribution in [0.1, 0.15) is 60.2 Å². The van der Waals surface area contributed by atoms with E-state index in [1.165, 1.54) is 0 Å². The molecule has 1 aliphatic heterocycles. The van der Waals surface area contributed by atoms with E-state index in [9.17, 15) is 9.90 Å². The summed E-state index contributed by atoms with van der Waals surface area (Å²) in [4.78, 5) is 16.6. The number of carbonyl (C=O) groups is 1. The van der Waals surface area contributed by atoms with Crippen LogP contribution < -0.4 is 10.4 Å². The highest BCUT2D eigenvalue weighted by molar-refractivity contribution is 6.15. The molecule has 0 bridgehead atoms. The van der Waals surface area contributed by atoms with Crippen LogP contribution in [-0.4, -0.2) is 30.6 Å². The largest absolute Gasteiger partial charge is 0.545 e. The van der Waals surface area contributed by atoms with Crippen molar-refractivity contribution in [2.24, 2.45) is 10.9 Å². The van der Waals surface area contributed by atoms with E-state index in [-0.39, 0.29) is 17.4 Å². The topological polar surface area (TPSA) is 75.8 Å². The Morgan fingerprint density at radius 1 is 1.19 bits per heavy atom. The third kappa shape index (κ3) is 3.80. The number of nitrogens with one attached hydrogen (secondary N) is 1. The lowest BCUT2D eigenvalue weighted by Crippen LogP contribution is -2.34. The fourth-order valence-electron chi connectivity index (χ4n) is 4.71. The van der Waals surface area contributed by atoms with Gasteiger partial charge in [-0.05, 0) is 50.5 Å². The van der Waals surface area contributed by atoms with Gasteiger partial charge in [0.1, 0.15) is 12.3 Å². The van der Waals surface area contributed by atoms with Crippen molar-refractivity contribution >= 4 is 23.2 Å². The van der Waals surface area contributed by atoms with Gasteiger partial charge in [0.05, 0.1) is 23.3 Å². The van der Waals surface area contributed by atoms with Crippen LogP contribution in [0.3, 0.4) is 0 Å². The fourth-order valence-corrected chi connectivity index (χ4v) is 4.71. The van der Waals surface area contributed by atoms with Gasteiger partial charge in [-0.15, -0.1) is 0 Å². The number of allylic oxidation sites excluding steroid dienone is 2. The van der Waals surface area contributed by atoms with Crippen molar-refractivity contribution in [2.45, 2.75) is 40.0 Å². The number of anilines is 1. The van der Waals surface area contributed by atoms with E-state index in [0.29, 0.717) is 6.42 Å². The summed E-state index contributed by atoms with van der Waals surface area (Å²) in [5.74, 6) is 0.300. The van der Waals surface area contributed by atoms with Gasteiger partial charge in [-0.25, -0.2) is 4.42 Å². The van der Waals surface area contributed by atoms with E-state index in [4.69, 9.17) is 4.42 Å². The van der Waals surface area contributed by atoms with Crippen LogP contribution in [0.2, 0.25) is 0 Å². The number of ketones is 1. The second-order valence-electron chi connectivity index (χ2n) is 8.13. The number of hydrogen-bond donors (Lipinski definition) is 1. The van der Waals surface area contributed by atoms with Gasteiger partial charge in [-0.1, -0.05) is 30.3 Å². The Hall–Kier alpha value is -3.21. The maximum Gasteiger partial charge on any atom is 0.358 e. The molecule has 0 saturated carbocycles. The molecule has 2 aliphatic rings. The Balaban J connectivity index is 1.97. The fraction of sp³-hybridized carbons (Fsp3) is 0.346. The Morgan fingerprint density at radius 2 is 1.97 bits per heavy atom. The smallest absolute Gasteiger partial charge is 0.358 e. The molecule has 2 aromatic rings. The predicted molar refractivity (Wildman–Crippen MR) is 122 cm³/mol. The van der Waals surface area contributed by atoms with Crippen LogP contribution in [0.4, 0.5) is 5.69 Å². The van der Waals surface area contributed by atoms with Crippen LogP contribution >= 0.6 is 0 Å². The number of fused-ring (bicyclic) bond motifs is 2.